The summed E-state index contributed by atoms with van der Waals surface area (Å²) in [7, 11) is -2.94. The summed E-state index contributed by atoms with van der Waals surface area (Å²) < 4.78 is 27.3. The summed E-state index contributed by atoms with van der Waals surface area (Å²) in [6, 6.07) is 0. The van der Waals surface area contributed by atoms with Gasteiger partial charge >= 0.3 is 6.09 Å². The van der Waals surface area contributed by atoms with Crippen LogP contribution in [0.2, 0.25) is 0 Å². The fraction of sp³-hybridized carbons (Fsp3) is 0.929. The minimum Gasteiger partial charge on any atom is -0.444 e. The van der Waals surface area contributed by atoms with Gasteiger partial charge in [-0.25, -0.2) is 13.2 Å². The summed E-state index contributed by atoms with van der Waals surface area (Å²) in [6.45, 7) is 11.2. The molecule has 0 aliphatic carbocycles. The first-order chi connectivity index (χ1) is 9.41. The molecule has 21 heavy (non-hydrogen) atoms. The van der Waals surface area contributed by atoms with Gasteiger partial charge in [-0.1, -0.05) is 13.8 Å². The minimum absolute atomic E-state index is 0.122. The number of rotatable bonds is 8. The first-order valence-corrected chi connectivity index (χ1v) is 9.32. The van der Waals surface area contributed by atoms with Gasteiger partial charge in [0.1, 0.15) is 15.4 Å². The van der Waals surface area contributed by atoms with Gasteiger partial charge in [0.15, 0.2) is 0 Å². The summed E-state index contributed by atoms with van der Waals surface area (Å²) in [6.07, 6.45) is 0.794. The number of hydrogen-bond donors (Lipinski definition) is 2. The predicted octanol–water partition coefficient (Wildman–Crippen LogP) is 1.42. The van der Waals surface area contributed by atoms with Crippen LogP contribution in [-0.4, -0.2) is 51.8 Å². The zero-order valence-electron chi connectivity index (χ0n) is 14.0. The van der Waals surface area contributed by atoms with Crippen LogP contribution in [0, 0.1) is 11.8 Å². The van der Waals surface area contributed by atoms with Gasteiger partial charge in [0.2, 0.25) is 0 Å². The second kappa shape index (κ2) is 8.58. The van der Waals surface area contributed by atoms with Gasteiger partial charge in [-0.2, -0.15) is 0 Å². The maximum atomic E-state index is 11.6. The molecule has 0 spiro atoms. The summed E-state index contributed by atoms with van der Waals surface area (Å²) in [5.41, 5.74) is -0.509. The van der Waals surface area contributed by atoms with Crippen LogP contribution in [0.3, 0.4) is 0 Å². The second-order valence-corrected chi connectivity index (χ2v) is 8.98. The van der Waals surface area contributed by atoms with Crippen molar-refractivity contribution in [2.24, 2.45) is 11.8 Å². The molecule has 0 saturated heterocycles. The molecule has 7 heteroatoms. The van der Waals surface area contributed by atoms with Crippen LogP contribution in [0.4, 0.5) is 4.79 Å². The van der Waals surface area contributed by atoms with E-state index in [9.17, 15) is 13.2 Å². The van der Waals surface area contributed by atoms with Gasteiger partial charge in [0.05, 0.1) is 5.75 Å². The van der Waals surface area contributed by atoms with Gasteiger partial charge in [-0.05, 0) is 39.2 Å². The number of amides is 1. The van der Waals surface area contributed by atoms with Crippen molar-refractivity contribution >= 4 is 15.9 Å². The Kier molecular flexibility index (Phi) is 8.25. The Morgan fingerprint density at radius 1 is 1.19 bits per heavy atom. The van der Waals surface area contributed by atoms with Crippen molar-refractivity contribution in [1.82, 2.24) is 10.6 Å². The number of nitrogens with one attached hydrogen (secondary N) is 2. The Balaban J connectivity index is 4.11. The van der Waals surface area contributed by atoms with Gasteiger partial charge in [0, 0.05) is 19.3 Å². The normalized spacial score (nSPS) is 14.0. The molecule has 2 N–H and O–H groups in total. The van der Waals surface area contributed by atoms with Gasteiger partial charge in [0.25, 0.3) is 0 Å². The highest BCUT2D eigenvalue weighted by atomic mass is 32.2. The first-order valence-electron chi connectivity index (χ1n) is 7.26. The lowest BCUT2D eigenvalue weighted by atomic mass is 9.96. The molecule has 1 amide bonds. The fourth-order valence-electron chi connectivity index (χ4n) is 1.62. The Labute approximate surface area is 128 Å². The molecular weight excluding hydrogens is 292 g/mol. The third-order valence-corrected chi connectivity index (χ3v) is 3.85. The molecule has 0 saturated carbocycles. The maximum absolute atomic E-state index is 11.6. The molecule has 1 atom stereocenters. The summed E-state index contributed by atoms with van der Waals surface area (Å²) in [4.78, 5) is 11.6. The highest BCUT2D eigenvalue weighted by Crippen LogP contribution is 2.10. The lowest BCUT2D eigenvalue weighted by Gasteiger charge is -2.24. The highest BCUT2D eigenvalue weighted by Gasteiger charge is 2.19. The Hall–Kier alpha value is -0.820. The molecule has 0 bridgehead atoms. The van der Waals surface area contributed by atoms with Crippen molar-refractivity contribution in [2.75, 3.05) is 31.6 Å². The van der Waals surface area contributed by atoms with Crippen molar-refractivity contribution in [2.45, 2.75) is 40.2 Å². The van der Waals surface area contributed by atoms with E-state index in [0.29, 0.717) is 25.6 Å². The Bertz CT molecular complexity index is 413. The van der Waals surface area contributed by atoms with Gasteiger partial charge in [-0.15, -0.1) is 0 Å². The van der Waals surface area contributed by atoms with Crippen molar-refractivity contribution < 1.29 is 17.9 Å². The van der Waals surface area contributed by atoms with Crippen molar-refractivity contribution in [3.63, 3.8) is 0 Å². The smallest absolute Gasteiger partial charge is 0.407 e. The summed E-state index contributed by atoms with van der Waals surface area (Å²) >= 11 is 0. The molecule has 0 aliphatic rings. The van der Waals surface area contributed by atoms with E-state index >= 15 is 0 Å². The third-order valence-electron chi connectivity index (χ3n) is 2.91. The van der Waals surface area contributed by atoms with Gasteiger partial charge < -0.3 is 15.4 Å². The molecule has 0 heterocycles. The molecule has 0 radical (unpaired) electrons. The number of ether oxygens (including phenoxy) is 1. The zero-order valence-corrected chi connectivity index (χ0v) is 14.8. The molecule has 0 rings (SSSR count). The van der Waals surface area contributed by atoms with E-state index in [-0.39, 0.29) is 11.7 Å². The molecule has 0 aromatic heterocycles. The fourth-order valence-corrected chi connectivity index (χ4v) is 2.13. The minimum atomic E-state index is -2.94. The Morgan fingerprint density at radius 2 is 1.76 bits per heavy atom. The average Bonchev–Trinajstić information content (AvgIpc) is 2.23. The zero-order chi connectivity index (χ0) is 16.7. The Morgan fingerprint density at radius 3 is 2.19 bits per heavy atom. The van der Waals surface area contributed by atoms with Crippen LogP contribution in [-0.2, 0) is 14.6 Å². The maximum Gasteiger partial charge on any atom is 0.407 e. The average molecular weight is 322 g/mol. The molecule has 0 aromatic carbocycles. The molecule has 0 fully saturated rings. The molecular formula is C14H30N2O4S. The summed E-state index contributed by atoms with van der Waals surface area (Å²) in [5, 5.41) is 5.88. The molecule has 0 aliphatic heterocycles. The SMILES string of the molecule is CC(C)C(CNCCS(C)(=O)=O)CNC(=O)OC(C)(C)C. The highest BCUT2D eigenvalue weighted by molar-refractivity contribution is 7.90. The van der Waals surface area contributed by atoms with Crippen molar-refractivity contribution in [1.29, 1.82) is 0 Å². The van der Waals surface area contributed by atoms with E-state index in [4.69, 9.17) is 4.74 Å². The molecule has 1 unspecified atom stereocenters. The largest absolute Gasteiger partial charge is 0.444 e. The van der Waals surface area contributed by atoms with Crippen LogP contribution >= 0.6 is 0 Å². The van der Waals surface area contributed by atoms with Crippen LogP contribution in [0.15, 0.2) is 0 Å². The third kappa shape index (κ3) is 12.6. The number of alkyl carbamates (subject to hydrolysis) is 1. The van der Waals surface area contributed by atoms with Crippen LogP contribution < -0.4 is 10.6 Å². The topological polar surface area (TPSA) is 84.5 Å². The second-order valence-electron chi connectivity index (χ2n) is 6.72. The number of carbonyl (C=O) groups excluding carboxylic acids is 1. The van der Waals surface area contributed by atoms with Crippen LogP contribution in [0.25, 0.3) is 0 Å². The number of sulfone groups is 1. The van der Waals surface area contributed by atoms with E-state index in [2.05, 4.69) is 24.5 Å². The van der Waals surface area contributed by atoms with Crippen LogP contribution in [0.5, 0.6) is 0 Å². The predicted molar refractivity (Wildman–Crippen MR) is 85.1 cm³/mol. The lowest BCUT2D eigenvalue weighted by Crippen LogP contribution is -2.40. The number of hydrogen-bond acceptors (Lipinski definition) is 5. The van der Waals surface area contributed by atoms with E-state index < -0.39 is 21.5 Å². The quantitative estimate of drug-likeness (QED) is 0.660. The standard InChI is InChI=1S/C14H30N2O4S/c1-11(2)12(9-15-7-8-21(6,18)19)10-16-13(17)20-14(3,4)5/h11-12,15H,7-10H2,1-6H3,(H,16,17). The summed E-state index contributed by atoms with van der Waals surface area (Å²) in [5.74, 6) is 0.708. The van der Waals surface area contributed by atoms with E-state index in [1.807, 2.05) is 20.8 Å². The van der Waals surface area contributed by atoms with Crippen LogP contribution in [0.1, 0.15) is 34.6 Å². The lowest BCUT2D eigenvalue weighted by molar-refractivity contribution is 0.0515. The van der Waals surface area contributed by atoms with Crippen molar-refractivity contribution in [3.05, 3.63) is 0 Å². The van der Waals surface area contributed by atoms with E-state index in [0.717, 1.165) is 0 Å². The number of carbonyl (C=O) groups is 1. The molecule has 0 aromatic rings. The van der Waals surface area contributed by atoms with Crippen molar-refractivity contribution in [3.8, 4) is 0 Å². The van der Waals surface area contributed by atoms with Gasteiger partial charge in [-0.3, -0.25) is 0 Å². The molecule has 126 valence electrons. The molecule has 6 nitrogen and oxygen atoms in total. The first kappa shape index (κ1) is 20.2. The monoisotopic (exact) mass is 322 g/mol. The van der Waals surface area contributed by atoms with E-state index in [1.54, 1.807) is 0 Å². The van der Waals surface area contributed by atoms with E-state index in [1.165, 1.54) is 6.26 Å².